The van der Waals surface area contributed by atoms with Gasteiger partial charge < -0.3 is 4.90 Å². The lowest BCUT2D eigenvalue weighted by atomic mass is 10.1. The number of nitrogens with zero attached hydrogens (tertiary/aromatic N) is 5. The Morgan fingerprint density at radius 2 is 2.00 bits per heavy atom. The highest BCUT2D eigenvalue weighted by Crippen LogP contribution is 2.21. The summed E-state index contributed by atoms with van der Waals surface area (Å²) in [5, 5.41) is 12.5. The zero-order valence-electron chi connectivity index (χ0n) is 13.4. The maximum absolute atomic E-state index is 12.1. The van der Waals surface area contributed by atoms with Gasteiger partial charge in [0.15, 0.2) is 0 Å². The molecule has 0 fully saturated rings. The largest absolute Gasteiger partial charge is 0.343 e. The molecular weight excluding hydrogens is 298 g/mol. The van der Waals surface area contributed by atoms with E-state index in [0.29, 0.717) is 10.9 Å². The Morgan fingerprint density at radius 3 is 2.64 bits per heavy atom. The summed E-state index contributed by atoms with van der Waals surface area (Å²) in [6.07, 6.45) is 0. The van der Waals surface area contributed by atoms with Crippen LogP contribution in [0.5, 0.6) is 0 Å². The second-order valence-corrected chi connectivity index (χ2v) is 5.96. The summed E-state index contributed by atoms with van der Waals surface area (Å²) < 4.78 is 1.69. The molecule has 7 heteroatoms. The standard InChI is InChI=1S/C15H21N5OS/c1-5-19(6-2)14(21)10-22-15-16-17-18-20(15)13-8-7-11(3)9-12(13)4/h7-9H,5-6,10H2,1-4H3. The van der Waals surface area contributed by atoms with Gasteiger partial charge in [0.05, 0.1) is 11.4 Å². The summed E-state index contributed by atoms with van der Waals surface area (Å²) in [6.45, 7) is 9.47. The molecule has 1 aromatic carbocycles. The van der Waals surface area contributed by atoms with Crippen molar-refractivity contribution < 1.29 is 4.79 Å². The number of benzene rings is 1. The number of thioether (sulfide) groups is 1. The van der Waals surface area contributed by atoms with Gasteiger partial charge in [-0.25, -0.2) is 0 Å². The smallest absolute Gasteiger partial charge is 0.233 e. The van der Waals surface area contributed by atoms with Gasteiger partial charge in [0.2, 0.25) is 11.1 Å². The quantitative estimate of drug-likeness (QED) is 0.764. The fraction of sp³-hybridized carbons (Fsp3) is 0.467. The van der Waals surface area contributed by atoms with Gasteiger partial charge in [0.25, 0.3) is 0 Å². The Morgan fingerprint density at radius 1 is 1.27 bits per heavy atom. The van der Waals surface area contributed by atoms with Crippen LogP contribution >= 0.6 is 11.8 Å². The molecule has 0 saturated carbocycles. The molecule has 22 heavy (non-hydrogen) atoms. The highest BCUT2D eigenvalue weighted by atomic mass is 32.2. The van der Waals surface area contributed by atoms with E-state index < -0.39 is 0 Å². The van der Waals surface area contributed by atoms with Gasteiger partial charge in [0.1, 0.15) is 0 Å². The van der Waals surface area contributed by atoms with E-state index in [9.17, 15) is 4.79 Å². The first kappa shape index (κ1) is 16.5. The summed E-state index contributed by atoms with van der Waals surface area (Å²) in [5.74, 6) is 0.442. The molecule has 1 aromatic heterocycles. The first-order chi connectivity index (χ1) is 10.6. The number of hydrogen-bond acceptors (Lipinski definition) is 5. The van der Waals surface area contributed by atoms with Crippen molar-refractivity contribution in [2.75, 3.05) is 18.8 Å². The van der Waals surface area contributed by atoms with Crippen molar-refractivity contribution in [1.82, 2.24) is 25.1 Å². The molecule has 0 aliphatic heterocycles. The molecule has 1 amide bonds. The van der Waals surface area contributed by atoms with Crippen LogP contribution in [-0.4, -0.2) is 49.9 Å². The van der Waals surface area contributed by atoms with Crippen molar-refractivity contribution in [3.05, 3.63) is 29.3 Å². The van der Waals surface area contributed by atoms with Gasteiger partial charge in [-0.1, -0.05) is 29.5 Å². The Labute approximate surface area is 134 Å². The normalized spacial score (nSPS) is 10.7. The molecule has 1 heterocycles. The van der Waals surface area contributed by atoms with E-state index >= 15 is 0 Å². The minimum atomic E-state index is 0.102. The van der Waals surface area contributed by atoms with Gasteiger partial charge in [-0.15, -0.1) is 5.10 Å². The molecule has 6 nitrogen and oxygen atoms in total. The average Bonchev–Trinajstić information content (AvgIpc) is 2.94. The molecule has 0 bridgehead atoms. The number of amides is 1. The summed E-state index contributed by atoms with van der Waals surface area (Å²) in [6, 6.07) is 6.11. The molecular formula is C15H21N5OS. The van der Waals surface area contributed by atoms with E-state index in [4.69, 9.17) is 0 Å². The van der Waals surface area contributed by atoms with E-state index in [1.165, 1.54) is 17.3 Å². The topological polar surface area (TPSA) is 63.9 Å². The summed E-state index contributed by atoms with van der Waals surface area (Å²) >= 11 is 1.36. The Bertz CT molecular complexity index is 651. The van der Waals surface area contributed by atoms with E-state index in [1.54, 1.807) is 9.58 Å². The molecule has 0 spiro atoms. The van der Waals surface area contributed by atoms with E-state index in [-0.39, 0.29) is 5.91 Å². The minimum Gasteiger partial charge on any atom is -0.343 e. The molecule has 0 saturated heterocycles. The van der Waals surface area contributed by atoms with Crippen molar-refractivity contribution in [2.24, 2.45) is 0 Å². The lowest BCUT2D eigenvalue weighted by molar-refractivity contribution is -0.127. The number of aryl methyl sites for hydroxylation is 2. The van der Waals surface area contributed by atoms with Crippen LogP contribution in [0.4, 0.5) is 0 Å². The molecule has 0 N–H and O–H groups in total. The van der Waals surface area contributed by atoms with Crippen molar-refractivity contribution in [2.45, 2.75) is 32.9 Å². The predicted octanol–water partition coefficient (Wildman–Crippen LogP) is 2.24. The Hall–Kier alpha value is -1.89. The van der Waals surface area contributed by atoms with Crippen LogP contribution in [0.3, 0.4) is 0 Å². The van der Waals surface area contributed by atoms with Gasteiger partial charge in [-0.3, -0.25) is 4.79 Å². The molecule has 0 radical (unpaired) electrons. The zero-order valence-corrected chi connectivity index (χ0v) is 14.2. The van der Waals surface area contributed by atoms with E-state index in [0.717, 1.165) is 24.3 Å². The average molecular weight is 319 g/mol. The molecule has 0 atom stereocenters. The lowest BCUT2D eigenvalue weighted by Gasteiger charge is -2.17. The van der Waals surface area contributed by atoms with Crippen LogP contribution in [0, 0.1) is 13.8 Å². The van der Waals surface area contributed by atoms with Crippen molar-refractivity contribution in [1.29, 1.82) is 0 Å². The number of carbonyl (C=O) groups excluding carboxylic acids is 1. The minimum absolute atomic E-state index is 0.102. The lowest BCUT2D eigenvalue weighted by Crippen LogP contribution is -2.31. The van der Waals surface area contributed by atoms with Crippen LogP contribution < -0.4 is 0 Å². The van der Waals surface area contributed by atoms with Crippen LogP contribution in [0.1, 0.15) is 25.0 Å². The summed E-state index contributed by atoms with van der Waals surface area (Å²) in [4.78, 5) is 13.9. The molecule has 2 aromatic rings. The number of tetrazole rings is 1. The van der Waals surface area contributed by atoms with Crippen molar-refractivity contribution in [3.8, 4) is 5.69 Å². The fourth-order valence-corrected chi connectivity index (χ4v) is 3.04. The SMILES string of the molecule is CCN(CC)C(=O)CSc1nnnn1-c1ccc(C)cc1C. The number of aromatic nitrogens is 4. The highest BCUT2D eigenvalue weighted by molar-refractivity contribution is 7.99. The first-order valence-corrected chi connectivity index (χ1v) is 8.32. The number of hydrogen-bond donors (Lipinski definition) is 0. The van der Waals surface area contributed by atoms with E-state index in [2.05, 4.69) is 28.5 Å². The highest BCUT2D eigenvalue weighted by Gasteiger charge is 2.15. The van der Waals surface area contributed by atoms with Gasteiger partial charge in [0, 0.05) is 13.1 Å². The third-order valence-corrected chi connectivity index (χ3v) is 4.37. The van der Waals surface area contributed by atoms with Crippen molar-refractivity contribution >= 4 is 17.7 Å². The fourth-order valence-electron chi connectivity index (χ4n) is 2.26. The predicted molar refractivity (Wildman–Crippen MR) is 87.3 cm³/mol. The Balaban J connectivity index is 2.15. The maximum atomic E-state index is 12.1. The second kappa shape index (κ2) is 7.40. The number of rotatable bonds is 6. The molecule has 118 valence electrons. The molecule has 2 rings (SSSR count). The zero-order chi connectivity index (χ0) is 16.1. The van der Waals surface area contributed by atoms with Crippen LogP contribution in [-0.2, 0) is 4.79 Å². The second-order valence-electron chi connectivity index (χ2n) is 5.02. The third-order valence-electron chi connectivity index (χ3n) is 3.46. The molecule has 0 unspecified atom stereocenters. The van der Waals surface area contributed by atoms with Crippen LogP contribution in [0.25, 0.3) is 5.69 Å². The monoisotopic (exact) mass is 319 g/mol. The molecule has 0 aliphatic rings. The first-order valence-electron chi connectivity index (χ1n) is 7.33. The summed E-state index contributed by atoms with van der Waals surface area (Å²) in [5.41, 5.74) is 3.23. The van der Waals surface area contributed by atoms with Gasteiger partial charge in [-0.05, 0) is 49.8 Å². The van der Waals surface area contributed by atoms with Crippen molar-refractivity contribution in [3.63, 3.8) is 0 Å². The molecule has 0 aliphatic carbocycles. The van der Waals surface area contributed by atoms with E-state index in [1.807, 2.05) is 32.9 Å². The van der Waals surface area contributed by atoms with Gasteiger partial charge >= 0.3 is 0 Å². The number of carbonyl (C=O) groups is 1. The van der Waals surface area contributed by atoms with Crippen LogP contribution in [0.2, 0.25) is 0 Å². The van der Waals surface area contributed by atoms with Gasteiger partial charge in [-0.2, -0.15) is 4.68 Å². The summed E-state index contributed by atoms with van der Waals surface area (Å²) in [7, 11) is 0. The van der Waals surface area contributed by atoms with Crippen LogP contribution in [0.15, 0.2) is 23.4 Å². The third kappa shape index (κ3) is 3.65. The Kier molecular flexibility index (Phi) is 5.54. The maximum Gasteiger partial charge on any atom is 0.233 e.